The van der Waals surface area contributed by atoms with Crippen molar-refractivity contribution in [3.8, 4) is 0 Å². The van der Waals surface area contributed by atoms with Crippen LogP contribution in [0.1, 0.15) is 40.0 Å². The van der Waals surface area contributed by atoms with Crippen molar-refractivity contribution < 1.29 is 23.5 Å². The fourth-order valence-corrected chi connectivity index (χ4v) is 4.12. The van der Waals surface area contributed by atoms with Crippen LogP contribution in [0.25, 0.3) is 0 Å². The van der Waals surface area contributed by atoms with Gasteiger partial charge in [-0.2, -0.15) is 0 Å². The molecule has 1 heterocycles. The third-order valence-corrected chi connectivity index (χ3v) is 5.79. The highest BCUT2D eigenvalue weighted by Crippen LogP contribution is 2.30. The normalized spacial score (nSPS) is 18.4. The van der Waals surface area contributed by atoms with Crippen LogP contribution in [0.5, 0.6) is 0 Å². The van der Waals surface area contributed by atoms with Gasteiger partial charge in [-0.1, -0.05) is 27.2 Å². The maximum absolute atomic E-state index is 14.8. The number of carbonyl (C=O) groups excluding carboxylic acids is 3. The topological polar surface area (TPSA) is 105 Å². The first kappa shape index (κ1) is 24.1. The minimum absolute atomic E-state index is 0.0506. The number of benzene rings is 1. The molecule has 1 aliphatic carbocycles. The zero-order valence-corrected chi connectivity index (χ0v) is 19.0. The molecule has 0 bridgehead atoms. The smallest absolute Gasteiger partial charge is 0.253 e. The fraction of sp³-hybridized carbons (Fsp3) is 0.609. The van der Waals surface area contributed by atoms with E-state index in [1.165, 1.54) is 17.0 Å². The maximum Gasteiger partial charge on any atom is 0.253 e. The van der Waals surface area contributed by atoms with Crippen LogP contribution in [-0.2, 0) is 19.1 Å². The molecule has 1 aromatic carbocycles. The molecule has 1 saturated carbocycles. The molecular formula is C23H33FN4O4. The van der Waals surface area contributed by atoms with E-state index in [1.54, 1.807) is 6.07 Å². The van der Waals surface area contributed by atoms with E-state index in [0.29, 0.717) is 37.8 Å². The molecule has 3 rings (SSSR count). The number of rotatable bonds is 8. The third-order valence-electron chi connectivity index (χ3n) is 5.79. The Morgan fingerprint density at radius 1 is 1.34 bits per heavy atom. The highest BCUT2D eigenvalue weighted by Gasteiger charge is 2.36. The lowest BCUT2D eigenvalue weighted by Gasteiger charge is -2.38. The van der Waals surface area contributed by atoms with Crippen LogP contribution in [0.2, 0.25) is 0 Å². The van der Waals surface area contributed by atoms with Gasteiger partial charge in [0.2, 0.25) is 5.91 Å². The Morgan fingerprint density at radius 2 is 2.06 bits per heavy atom. The number of nitrogens with two attached hydrogens (primary N) is 1. The van der Waals surface area contributed by atoms with Crippen LogP contribution >= 0.6 is 0 Å². The lowest BCUT2D eigenvalue weighted by molar-refractivity contribution is -0.133. The molecule has 3 N–H and O–H groups in total. The van der Waals surface area contributed by atoms with Gasteiger partial charge in [-0.15, -0.1) is 0 Å². The van der Waals surface area contributed by atoms with Gasteiger partial charge < -0.3 is 20.7 Å². The second-order valence-corrected chi connectivity index (χ2v) is 9.84. The number of morpholine rings is 1. The molecule has 1 aliphatic heterocycles. The number of primary amides is 1. The van der Waals surface area contributed by atoms with Gasteiger partial charge in [-0.25, -0.2) is 4.39 Å². The SMILES string of the molecule is CC(C)(C)CN(CC1CCC1)[C@H](C(N)=O)C(=O)Nc1ccc(N2CCOCC2=O)cc1F. The number of halogens is 1. The van der Waals surface area contributed by atoms with E-state index in [4.69, 9.17) is 10.5 Å². The molecule has 0 spiro atoms. The zero-order chi connectivity index (χ0) is 23.5. The van der Waals surface area contributed by atoms with E-state index in [2.05, 4.69) is 5.32 Å². The van der Waals surface area contributed by atoms with Crippen molar-refractivity contribution in [2.45, 2.75) is 46.1 Å². The summed E-state index contributed by atoms with van der Waals surface area (Å²) in [7, 11) is 0. The monoisotopic (exact) mass is 448 g/mol. The summed E-state index contributed by atoms with van der Waals surface area (Å²) in [6.45, 7) is 7.84. The van der Waals surface area contributed by atoms with E-state index in [0.717, 1.165) is 19.3 Å². The van der Waals surface area contributed by atoms with E-state index < -0.39 is 23.7 Å². The number of nitrogens with one attached hydrogen (secondary N) is 1. The van der Waals surface area contributed by atoms with Gasteiger partial charge in [0.1, 0.15) is 12.4 Å². The van der Waals surface area contributed by atoms with Crippen molar-refractivity contribution in [3.63, 3.8) is 0 Å². The van der Waals surface area contributed by atoms with Crippen molar-refractivity contribution in [1.29, 1.82) is 0 Å². The van der Waals surface area contributed by atoms with Crippen molar-refractivity contribution in [2.24, 2.45) is 17.1 Å². The molecule has 0 radical (unpaired) electrons. The van der Waals surface area contributed by atoms with Gasteiger partial charge in [0, 0.05) is 25.3 Å². The minimum atomic E-state index is -1.20. The van der Waals surface area contributed by atoms with Crippen molar-refractivity contribution in [1.82, 2.24) is 4.90 Å². The van der Waals surface area contributed by atoms with Gasteiger partial charge in [-0.05, 0) is 42.4 Å². The predicted molar refractivity (Wildman–Crippen MR) is 120 cm³/mol. The molecule has 9 heteroatoms. The van der Waals surface area contributed by atoms with Gasteiger partial charge in [-0.3, -0.25) is 19.3 Å². The largest absolute Gasteiger partial charge is 0.370 e. The van der Waals surface area contributed by atoms with Crippen molar-refractivity contribution >= 4 is 29.1 Å². The van der Waals surface area contributed by atoms with Gasteiger partial charge >= 0.3 is 0 Å². The molecule has 32 heavy (non-hydrogen) atoms. The van der Waals surface area contributed by atoms with E-state index in [9.17, 15) is 18.8 Å². The fourth-order valence-electron chi connectivity index (χ4n) is 4.12. The number of carbonyl (C=O) groups is 3. The average molecular weight is 449 g/mol. The number of ether oxygens (including phenoxy) is 1. The van der Waals surface area contributed by atoms with Crippen LogP contribution in [-0.4, -0.2) is 61.5 Å². The Hall–Kier alpha value is -2.52. The summed E-state index contributed by atoms with van der Waals surface area (Å²) < 4.78 is 19.9. The van der Waals surface area contributed by atoms with Crippen molar-refractivity contribution in [3.05, 3.63) is 24.0 Å². The van der Waals surface area contributed by atoms with E-state index >= 15 is 0 Å². The van der Waals surface area contributed by atoms with Crippen molar-refractivity contribution in [2.75, 3.05) is 43.1 Å². The minimum Gasteiger partial charge on any atom is -0.370 e. The first-order valence-electron chi connectivity index (χ1n) is 11.1. The Kier molecular flexibility index (Phi) is 7.51. The maximum atomic E-state index is 14.8. The molecule has 1 atom stereocenters. The van der Waals surface area contributed by atoms with E-state index in [-0.39, 0.29) is 23.6 Å². The Bertz CT molecular complexity index is 866. The van der Waals surface area contributed by atoms with Gasteiger partial charge in [0.15, 0.2) is 6.04 Å². The summed E-state index contributed by atoms with van der Waals surface area (Å²) in [5.41, 5.74) is 5.80. The Labute approximate surface area is 188 Å². The molecule has 1 aromatic rings. The first-order chi connectivity index (χ1) is 15.0. The molecule has 1 saturated heterocycles. The van der Waals surface area contributed by atoms with E-state index in [1.807, 2.05) is 25.7 Å². The number of anilines is 2. The lowest BCUT2D eigenvalue weighted by Crippen LogP contribution is -2.55. The summed E-state index contributed by atoms with van der Waals surface area (Å²) in [6.07, 6.45) is 3.26. The molecule has 2 aliphatic rings. The molecule has 0 aromatic heterocycles. The highest BCUT2D eigenvalue weighted by atomic mass is 19.1. The highest BCUT2D eigenvalue weighted by molar-refractivity contribution is 6.09. The summed E-state index contributed by atoms with van der Waals surface area (Å²) in [5, 5.41) is 2.52. The molecule has 8 nitrogen and oxygen atoms in total. The van der Waals surface area contributed by atoms with Crippen LogP contribution in [0.3, 0.4) is 0 Å². The average Bonchev–Trinajstić information content (AvgIpc) is 2.65. The van der Waals surface area contributed by atoms with Crippen LogP contribution in [0.15, 0.2) is 18.2 Å². The van der Waals surface area contributed by atoms with Crippen LogP contribution in [0, 0.1) is 17.2 Å². The van der Waals surface area contributed by atoms with Crippen LogP contribution in [0.4, 0.5) is 15.8 Å². The summed E-state index contributed by atoms with van der Waals surface area (Å²) in [4.78, 5) is 40.6. The molecule has 3 amide bonds. The summed E-state index contributed by atoms with van der Waals surface area (Å²) in [6, 6.07) is 2.94. The molecular weight excluding hydrogens is 415 g/mol. The quantitative estimate of drug-likeness (QED) is 0.593. The van der Waals surface area contributed by atoms with Gasteiger partial charge in [0.05, 0.1) is 12.3 Å². The van der Waals surface area contributed by atoms with Crippen LogP contribution < -0.4 is 16.0 Å². The number of amides is 3. The first-order valence-corrected chi connectivity index (χ1v) is 11.1. The summed E-state index contributed by atoms with van der Waals surface area (Å²) >= 11 is 0. The zero-order valence-electron chi connectivity index (χ0n) is 19.0. The molecule has 0 unspecified atom stereocenters. The Balaban J connectivity index is 1.77. The third kappa shape index (κ3) is 6.04. The number of hydrogen-bond acceptors (Lipinski definition) is 5. The summed E-state index contributed by atoms with van der Waals surface area (Å²) in [5.74, 6) is -1.94. The number of hydrogen-bond donors (Lipinski definition) is 2. The molecule has 176 valence electrons. The molecule has 2 fully saturated rings. The van der Waals surface area contributed by atoms with Gasteiger partial charge in [0.25, 0.3) is 11.8 Å². The second kappa shape index (κ2) is 9.95. The number of nitrogens with zero attached hydrogens (tertiary/aromatic N) is 2. The Morgan fingerprint density at radius 3 is 2.59 bits per heavy atom. The lowest BCUT2D eigenvalue weighted by atomic mass is 9.84. The second-order valence-electron chi connectivity index (χ2n) is 9.84. The predicted octanol–water partition coefficient (Wildman–Crippen LogP) is 2.13. The standard InChI is InChI=1S/C23H33FN4O4/c1-23(2,3)14-27(12-15-5-4-6-15)20(21(25)30)22(31)26-18-8-7-16(11-17(18)24)28-9-10-32-13-19(28)29/h7-8,11,15,20H,4-6,9-10,12-14H2,1-3H3,(H2,25,30)(H,26,31)/t20-/m1/s1.